The molecule has 0 aliphatic heterocycles. The van der Waals surface area contributed by atoms with Gasteiger partial charge in [-0.15, -0.1) is 0 Å². The van der Waals surface area contributed by atoms with Crippen molar-refractivity contribution >= 4 is 17.1 Å². The number of imidazole rings is 1. The van der Waals surface area contributed by atoms with Crippen LogP contribution in [0.4, 0.5) is 0 Å². The number of carbonyl (C=O) groups excluding carboxylic acids is 1. The molecule has 0 saturated carbocycles. The second-order valence-corrected chi connectivity index (χ2v) is 12.2. The maximum atomic E-state index is 13.1. The van der Waals surface area contributed by atoms with Gasteiger partial charge in [-0.05, 0) is 62.8 Å². The number of carbonyl (C=O) groups is 1. The SMILES string of the molecule is Cc1c(-c2nc3nccc(-c4ccc5c(c4)CCCCC5NC(=O)c4noc(C(C)(C)C)n4)c3[nH]2)cnn1C(C)C. The van der Waals surface area contributed by atoms with Crippen molar-refractivity contribution in [1.82, 2.24) is 40.2 Å². The first kappa shape index (κ1) is 26.9. The highest BCUT2D eigenvalue weighted by atomic mass is 16.5. The van der Waals surface area contributed by atoms with Crippen molar-refractivity contribution in [2.45, 2.75) is 84.7 Å². The van der Waals surface area contributed by atoms with Crippen LogP contribution in [0.15, 0.2) is 41.2 Å². The first-order valence-electron chi connectivity index (χ1n) is 14.3. The van der Waals surface area contributed by atoms with Crippen LogP contribution in [-0.2, 0) is 11.8 Å². The molecule has 0 radical (unpaired) electrons. The summed E-state index contributed by atoms with van der Waals surface area (Å²) >= 11 is 0. The Morgan fingerprint density at radius 2 is 1.98 bits per heavy atom. The Morgan fingerprint density at radius 1 is 1.15 bits per heavy atom. The van der Waals surface area contributed by atoms with Gasteiger partial charge in [-0.25, -0.2) is 9.97 Å². The largest absolute Gasteiger partial charge is 0.342 e. The number of aromatic amines is 1. The van der Waals surface area contributed by atoms with Crippen molar-refractivity contribution in [2.75, 3.05) is 0 Å². The zero-order chi connectivity index (χ0) is 28.9. The van der Waals surface area contributed by atoms with Crippen molar-refractivity contribution in [2.24, 2.45) is 0 Å². The molecule has 1 aromatic carbocycles. The van der Waals surface area contributed by atoms with Crippen molar-refractivity contribution < 1.29 is 9.32 Å². The molecule has 41 heavy (non-hydrogen) atoms. The normalized spacial score (nSPS) is 15.7. The topological polar surface area (TPSA) is 127 Å². The summed E-state index contributed by atoms with van der Waals surface area (Å²) in [6.45, 7) is 12.2. The predicted octanol–water partition coefficient (Wildman–Crippen LogP) is 6.26. The Bertz CT molecular complexity index is 1740. The minimum absolute atomic E-state index is 0.0701. The van der Waals surface area contributed by atoms with Gasteiger partial charge in [0, 0.05) is 28.9 Å². The Hall–Kier alpha value is -4.34. The van der Waals surface area contributed by atoms with Crippen LogP contribution in [0.3, 0.4) is 0 Å². The molecule has 10 nitrogen and oxygen atoms in total. The lowest BCUT2D eigenvalue weighted by Crippen LogP contribution is -2.29. The summed E-state index contributed by atoms with van der Waals surface area (Å²) < 4.78 is 7.34. The van der Waals surface area contributed by atoms with Crippen molar-refractivity contribution in [3.05, 3.63) is 65.2 Å². The molecule has 10 heteroatoms. The molecule has 1 aliphatic rings. The summed E-state index contributed by atoms with van der Waals surface area (Å²) in [5.41, 5.74) is 7.76. The molecule has 0 bridgehead atoms. The average molecular weight is 553 g/mol. The van der Waals surface area contributed by atoms with E-state index in [0.717, 1.165) is 65.0 Å². The van der Waals surface area contributed by atoms with Gasteiger partial charge in [0.05, 0.1) is 23.3 Å². The summed E-state index contributed by atoms with van der Waals surface area (Å²) in [6.07, 6.45) is 7.54. The molecular weight excluding hydrogens is 516 g/mol. The number of pyridine rings is 1. The number of nitrogens with one attached hydrogen (secondary N) is 2. The highest BCUT2D eigenvalue weighted by Gasteiger charge is 2.27. The molecule has 4 aromatic heterocycles. The second kappa shape index (κ2) is 10.2. The van der Waals surface area contributed by atoms with Crippen LogP contribution in [0.25, 0.3) is 33.7 Å². The van der Waals surface area contributed by atoms with Gasteiger partial charge < -0.3 is 14.8 Å². The fraction of sp³-hybridized carbons (Fsp3) is 0.419. The molecule has 6 rings (SSSR count). The summed E-state index contributed by atoms with van der Waals surface area (Å²) in [4.78, 5) is 30.3. The van der Waals surface area contributed by atoms with E-state index in [2.05, 4.69) is 69.5 Å². The maximum Gasteiger partial charge on any atom is 0.293 e. The third-order valence-electron chi connectivity index (χ3n) is 7.78. The molecule has 212 valence electrons. The number of aryl methyl sites for hydroxylation is 1. The fourth-order valence-corrected chi connectivity index (χ4v) is 5.60. The Morgan fingerprint density at radius 3 is 2.71 bits per heavy atom. The number of hydrogen-bond acceptors (Lipinski definition) is 7. The Kier molecular flexibility index (Phi) is 6.71. The summed E-state index contributed by atoms with van der Waals surface area (Å²) in [5.74, 6) is 0.963. The third kappa shape index (κ3) is 5.03. The molecule has 1 unspecified atom stereocenters. The highest BCUT2D eigenvalue weighted by Crippen LogP contribution is 2.35. The molecular formula is C31H36N8O2. The van der Waals surface area contributed by atoms with Crippen molar-refractivity contribution in [3.63, 3.8) is 0 Å². The lowest BCUT2D eigenvalue weighted by molar-refractivity contribution is 0.0921. The van der Waals surface area contributed by atoms with E-state index in [1.165, 1.54) is 5.56 Å². The van der Waals surface area contributed by atoms with E-state index in [-0.39, 0.29) is 29.2 Å². The molecule has 0 saturated heterocycles. The van der Waals surface area contributed by atoms with E-state index < -0.39 is 0 Å². The van der Waals surface area contributed by atoms with Crippen LogP contribution in [-0.4, -0.2) is 40.8 Å². The quantitative estimate of drug-likeness (QED) is 0.247. The summed E-state index contributed by atoms with van der Waals surface area (Å²) in [7, 11) is 0. The van der Waals surface area contributed by atoms with Gasteiger partial charge in [0.25, 0.3) is 11.7 Å². The molecule has 1 aliphatic carbocycles. The van der Waals surface area contributed by atoms with Gasteiger partial charge in [-0.3, -0.25) is 9.48 Å². The number of rotatable bonds is 5. The van der Waals surface area contributed by atoms with Crippen molar-refractivity contribution in [1.29, 1.82) is 0 Å². The average Bonchev–Trinajstić information content (AvgIpc) is 3.65. The molecule has 2 N–H and O–H groups in total. The zero-order valence-electron chi connectivity index (χ0n) is 24.4. The smallest absolute Gasteiger partial charge is 0.293 e. The molecule has 0 spiro atoms. The number of H-pyrrole nitrogens is 1. The Labute approximate surface area is 239 Å². The van der Waals surface area contributed by atoms with Gasteiger partial charge in [0.2, 0.25) is 5.89 Å². The minimum Gasteiger partial charge on any atom is -0.342 e. The van der Waals surface area contributed by atoms with Gasteiger partial charge >= 0.3 is 0 Å². The number of aromatic nitrogens is 7. The number of hydrogen-bond donors (Lipinski definition) is 2. The van der Waals surface area contributed by atoms with Crippen LogP contribution in [0, 0.1) is 6.92 Å². The monoisotopic (exact) mass is 552 g/mol. The van der Waals surface area contributed by atoms with Crippen LogP contribution in [0.5, 0.6) is 0 Å². The molecule has 1 atom stereocenters. The molecule has 5 aromatic rings. The second-order valence-electron chi connectivity index (χ2n) is 12.2. The molecule has 4 heterocycles. The molecule has 0 fully saturated rings. The first-order chi connectivity index (χ1) is 19.6. The molecule has 1 amide bonds. The number of fused-ring (bicyclic) bond motifs is 2. The van der Waals surface area contributed by atoms with Crippen LogP contribution in [0.1, 0.15) is 99.3 Å². The van der Waals surface area contributed by atoms with Crippen LogP contribution >= 0.6 is 0 Å². The number of benzene rings is 1. The lowest BCUT2D eigenvalue weighted by Gasteiger charge is -2.19. The van der Waals surface area contributed by atoms with Crippen LogP contribution < -0.4 is 5.32 Å². The highest BCUT2D eigenvalue weighted by molar-refractivity contribution is 5.92. The van der Waals surface area contributed by atoms with Gasteiger partial charge in [0.1, 0.15) is 5.82 Å². The fourth-order valence-electron chi connectivity index (χ4n) is 5.60. The van der Waals surface area contributed by atoms with Gasteiger partial charge in [-0.1, -0.05) is 50.5 Å². The maximum absolute atomic E-state index is 13.1. The van der Waals surface area contributed by atoms with Gasteiger partial charge in [0.15, 0.2) is 5.65 Å². The van der Waals surface area contributed by atoms with E-state index >= 15 is 0 Å². The number of amides is 1. The lowest BCUT2D eigenvalue weighted by atomic mass is 9.94. The summed E-state index contributed by atoms with van der Waals surface area (Å²) in [6, 6.07) is 8.66. The predicted molar refractivity (Wildman–Crippen MR) is 156 cm³/mol. The third-order valence-corrected chi connectivity index (χ3v) is 7.78. The van der Waals surface area contributed by atoms with E-state index in [4.69, 9.17) is 9.51 Å². The Balaban J connectivity index is 1.31. The van der Waals surface area contributed by atoms with E-state index in [9.17, 15) is 4.79 Å². The first-order valence-corrected chi connectivity index (χ1v) is 14.3. The van der Waals surface area contributed by atoms with E-state index in [1.807, 2.05) is 37.7 Å². The zero-order valence-corrected chi connectivity index (χ0v) is 24.4. The number of nitrogens with zero attached hydrogens (tertiary/aromatic N) is 6. The van der Waals surface area contributed by atoms with E-state index in [0.29, 0.717) is 11.5 Å². The van der Waals surface area contributed by atoms with E-state index in [1.54, 1.807) is 6.20 Å². The van der Waals surface area contributed by atoms with Gasteiger partial charge in [-0.2, -0.15) is 10.1 Å². The van der Waals surface area contributed by atoms with Crippen LogP contribution in [0.2, 0.25) is 0 Å². The standard InChI is InChI=1S/C31H36N8O2/c1-17(2)39-18(3)23(16-33-39)26-35-25-22(13-14-32-27(25)36-26)20-11-12-21-19(15-20)9-7-8-10-24(21)34-29(40)28-37-30(41-38-28)31(4,5)6/h11-17,24H,7-10H2,1-6H3,(H,34,40)(H,32,35,36). The summed E-state index contributed by atoms with van der Waals surface area (Å²) in [5, 5.41) is 11.6. The van der Waals surface area contributed by atoms with Crippen molar-refractivity contribution in [3.8, 4) is 22.5 Å². The minimum atomic E-state index is -0.320.